The summed E-state index contributed by atoms with van der Waals surface area (Å²) in [6, 6.07) is 5.83. The van der Waals surface area contributed by atoms with Crippen molar-refractivity contribution in [2.75, 3.05) is 33.0 Å². The average Bonchev–Trinajstić information content (AvgIpc) is 3.24. The minimum absolute atomic E-state index is 0.0137. The highest BCUT2D eigenvalue weighted by Crippen LogP contribution is 2.36. The highest BCUT2D eigenvalue weighted by Gasteiger charge is 2.26. The summed E-state index contributed by atoms with van der Waals surface area (Å²) in [5.74, 6) is 1.47. The van der Waals surface area contributed by atoms with E-state index in [9.17, 15) is 8.42 Å². The molecule has 1 atom stereocenters. The summed E-state index contributed by atoms with van der Waals surface area (Å²) in [4.78, 5) is 2.32. The van der Waals surface area contributed by atoms with Crippen molar-refractivity contribution < 1.29 is 17.9 Å². The maximum atomic E-state index is 12.0. The van der Waals surface area contributed by atoms with Gasteiger partial charge in [0.05, 0.1) is 0 Å². The van der Waals surface area contributed by atoms with Gasteiger partial charge in [0.1, 0.15) is 0 Å². The quantitative estimate of drug-likeness (QED) is 0.737. The molecule has 0 spiro atoms. The minimum Gasteiger partial charge on any atom is -0.454 e. The van der Waals surface area contributed by atoms with E-state index >= 15 is 0 Å². The molecular weight excluding hydrogens is 330 g/mol. The number of rotatable bonds is 8. The molecule has 3 rings (SSSR count). The van der Waals surface area contributed by atoms with Crippen molar-refractivity contribution in [1.29, 1.82) is 0 Å². The summed E-state index contributed by atoms with van der Waals surface area (Å²) in [5.41, 5.74) is 1.04. The van der Waals surface area contributed by atoms with Gasteiger partial charge >= 0.3 is 0 Å². The Balaban J connectivity index is 1.74. The van der Waals surface area contributed by atoms with Gasteiger partial charge in [0.2, 0.25) is 6.79 Å². The van der Waals surface area contributed by atoms with Crippen LogP contribution in [0.2, 0.25) is 0 Å². The van der Waals surface area contributed by atoms with Crippen LogP contribution in [0.25, 0.3) is 0 Å². The molecule has 0 bridgehead atoms. The summed E-state index contributed by atoms with van der Waals surface area (Å²) in [6.07, 6.45) is 3.04. The Kier molecular flexibility index (Phi) is 5.60. The zero-order valence-corrected chi connectivity index (χ0v) is 14.8. The van der Waals surface area contributed by atoms with Crippen LogP contribution in [0.4, 0.5) is 0 Å². The number of ether oxygens (including phenoxy) is 2. The number of benzene rings is 1. The maximum Gasteiger partial charge on any atom is 0.276 e. The first kappa shape index (κ1) is 17.5. The first-order valence-electron chi connectivity index (χ1n) is 8.47. The van der Waals surface area contributed by atoms with E-state index in [1.54, 1.807) is 0 Å². The first-order chi connectivity index (χ1) is 11.6. The van der Waals surface area contributed by atoms with Crippen molar-refractivity contribution in [3.8, 4) is 11.5 Å². The van der Waals surface area contributed by atoms with E-state index in [1.807, 2.05) is 25.1 Å². The van der Waals surface area contributed by atoms with Crippen LogP contribution in [0, 0.1) is 0 Å². The fourth-order valence-electron chi connectivity index (χ4n) is 3.11. The van der Waals surface area contributed by atoms with Crippen LogP contribution >= 0.6 is 0 Å². The zero-order chi connectivity index (χ0) is 17.0. The largest absolute Gasteiger partial charge is 0.454 e. The molecule has 2 aliphatic rings. The summed E-state index contributed by atoms with van der Waals surface area (Å²) in [5, 5.41) is 0. The summed E-state index contributed by atoms with van der Waals surface area (Å²) < 4.78 is 40.1. The van der Waals surface area contributed by atoms with Crippen molar-refractivity contribution in [2.45, 2.75) is 32.2 Å². The van der Waals surface area contributed by atoms with E-state index in [2.05, 4.69) is 14.3 Å². The van der Waals surface area contributed by atoms with E-state index in [0.717, 1.165) is 49.4 Å². The van der Waals surface area contributed by atoms with Crippen molar-refractivity contribution in [1.82, 2.24) is 14.3 Å². The van der Waals surface area contributed by atoms with Gasteiger partial charge in [-0.3, -0.25) is 4.90 Å². The number of hydrogen-bond acceptors (Lipinski definition) is 5. The smallest absolute Gasteiger partial charge is 0.276 e. The lowest BCUT2D eigenvalue weighted by molar-refractivity contribution is 0.173. The van der Waals surface area contributed by atoms with Gasteiger partial charge in [-0.15, -0.1) is 0 Å². The van der Waals surface area contributed by atoms with Gasteiger partial charge in [-0.05, 0) is 50.0 Å². The lowest BCUT2D eigenvalue weighted by atomic mass is 10.1. The molecule has 2 aliphatic heterocycles. The van der Waals surface area contributed by atoms with Crippen molar-refractivity contribution in [3.63, 3.8) is 0 Å². The molecule has 1 saturated heterocycles. The van der Waals surface area contributed by atoms with E-state index in [4.69, 9.17) is 9.47 Å². The van der Waals surface area contributed by atoms with E-state index in [0.29, 0.717) is 13.1 Å². The number of nitrogens with zero attached hydrogens (tertiary/aromatic N) is 1. The maximum absolute atomic E-state index is 12.0. The van der Waals surface area contributed by atoms with Gasteiger partial charge in [-0.25, -0.2) is 9.44 Å². The Hall–Kier alpha value is -1.35. The predicted molar refractivity (Wildman–Crippen MR) is 91.3 cm³/mol. The van der Waals surface area contributed by atoms with Crippen LogP contribution in [-0.4, -0.2) is 46.3 Å². The zero-order valence-electron chi connectivity index (χ0n) is 14.0. The number of nitrogens with one attached hydrogen (secondary N) is 2. The van der Waals surface area contributed by atoms with Crippen molar-refractivity contribution in [3.05, 3.63) is 23.8 Å². The Labute approximate surface area is 143 Å². The van der Waals surface area contributed by atoms with Gasteiger partial charge in [-0.2, -0.15) is 8.42 Å². The summed E-state index contributed by atoms with van der Waals surface area (Å²) in [7, 11) is -3.47. The van der Waals surface area contributed by atoms with Crippen molar-refractivity contribution >= 4 is 10.2 Å². The van der Waals surface area contributed by atoms with E-state index < -0.39 is 10.2 Å². The topological polar surface area (TPSA) is 79.9 Å². The van der Waals surface area contributed by atoms with E-state index in [1.165, 1.54) is 0 Å². The van der Waals surface area contributed by atoms with Crippen LogP contribution < -0.4 is 18.9 Å². The Morgan fingerprint density at radius 2 is 1.92 bits per heavy atom. The molecule has 24 heavy (non-hydrogen) atoms. The molecule has 1 aromatic rings. The number of hydrogen-bond donors (Lipinski definition) is 2. The molecule has 0 radical (unpaired) electrons. The molecule has 0 saturated carbocycles. The molecule has 7 nitrogen and oxygen atoms in total. The SMILES string of the molecule is CCCNS(=O)(=O)NCC(c1ccc2c(c1)OCO2)N1CCCC1. The minimum atomic E-state index is -3.47. The van der Waals surface area contributed by atoms with Crippen LogP contribution in [0.5, 0.6) is 11.5 Å². The Morgan fingerprint density at radius 1 is 1.17 bits per heavy atom. The third kappa shape index (κ3) is 4.18. The normalized spacial score (nSPS) is 18.9. The molecular formula is C16H25N3O4S. The second-order valence-corrected chi connectivity index (χ2v) is 7.70. The molecule has 1 aromatic carbocycles. The highest BCUT2D eigenvalue weighted by atomic mass is 32.2. The molecule has 8 heteroatoms. The van der Waals surface area contributed by atoms with Gasteiger partial charge in [-0.1, -0.05) is 13.0 Å². The molecule has 1 fully saturated rings. The van der Waals surface area contributed by atoms with Crippen LogP contribution in [0.3, 0.4) is 0 Å². The molecule has 2 heterocycles. The first-order valence-corrected chi connectivity index (χ1v) is 9.95. The standard InChI is InChI=1S/C16H25N3O4S/c1-2-7-17-24(20,21)18-11-14(19-8-3-4-9-19)13-5-6-15-16(10-13)23-12-22-15/h5-6,10,14,17-18H,2-4,7-9,11-12H2,1H3. The van der Waals surface area contributed by atoms with Gasteiger partial charge in [0, 0.05) is 19.1 Å². The molecule has 134 valence electrons. The molecule has 0 amide bonds. The fourth-order valence-corrected chi connectivity index (χ4v) is 4.06. The van der Waals surface area contributed by atoms with Gasteiger partial charge in [0.25, 0.3) is 10.2 Å². The molecule has 1 unspecified atom stereocenters. The second-order valence-electron chi connectivity index (χ2n) is 6.12. The fraction of sp³-hybridized carbons (Fsp3) is 0.625. The third-order valence-electron chi connectivity index (χ3n) is 4.37. The lowest BCUT2D eigenvalue weighted by Gasteiger charge is -2.28. The third-order valence-corrected chi connectivity index (χ3v) is 5.50. The lowest BCUT2D eigenvalue weighted by Crippen LogP contribution is -2.42. The Bertz CT molecular complexity index is 659. The average molecular weight is 355 g/mol. The number of likely N-dealkylation sites (tertiary alicyclic amines) is 1. The van der Waals surface area contributed by atoms with Crippen LogP contribution in [0.15, 0.2) is 18.2 Å². The van der Waals surface area contributed by atoms with Crippen LogP contribution in [0.1, 0.15) is 37.8 Å². The van der Waals surface area contributed by atoms with Gasteiger partial charge in [0.15, 0.2) is 11.5 Å². The molecule has 0 aliphatic carbocycles. The Morgan fingerprint density at radius 3 is 2.67 bits per heavy atom. The van der Waals surface area contributed by atoms with Gasteiger partial charge < -0.3 is 9.47 Å². The monoisotopic (exact) mass is 355 g/mol. The summed E-state index contributed by atoms with van der Waals surface area (Å²) in [6.45, 7) is 4.89. The summed E-state index contributed by atoms with van der Waals surface area (Å²) >= 11 is 0. The molecule has 2 N–H and O–H groups in total. The van der Waals surface area contributed by atoms with E-state index in [-0.39, 0.29) is 12.8 Å². The number of fused-ring (bicyclic) bond motifs is 1. The van der Waals surface area contributed by atoms with Crippen LogP contribution in [-0.2, 0) is 10.2 Å². The molecule has 0 aromatic heterocycles. The second kappa shape index (κ2) is 7.69. The highest BCUT2D eigenvalue weighted by molar-refractivity contribution is 7.87. The predicted octanol–water partition coefficient (Wildman–Crippen LogP) is 1.39. The van der Waals surface area contributed by atoms with Crippen molar-refractivity contribution in [2.24, 2.45) is 0 Å².